The molecule has 1 N–H and O–H groups in total. The lowest BCUT2D eigenvalue weighted by Crippen LogP contribution is -2.21. The van der Waals surface area contributed by atoms with Gasteiger partial charge in [-0.3, -0.25) is 5.43 Å². The first kappa shape index (κ1) is 20.2. The van der Waals surface area contributed by atoms with Crippen LogP contribution in [0.4, 0.5) is 5.69 Å². The molecule has 0 fully saturated rings. The molecule has 1 aliphatic rings. The van der Waals surface area contributed by atoms with E-state index in [-0.39, 0.29) is 5.97 Å². The number of aryl methyl sites for hydroxylation is 1. The van der Waals surface area contributed by atoms with Crippen molar-refractivity contribution in [1.82, 2.24) is 4.57 Å². The van der Waals surface area contributed by atoms with Gasteiger partial charge >= 0.3 is 5.97 Å². The van der Waals surface area contributed by atoms with Gasteiger partial charge < -0.3 is 9.30 Å². The van der Waals surface area contributed by atoms with E-state index >= 15 is 0 Å². The highest BCUT2D eigenvalue weighted by Gasteiger charge is 2.26. The zero-order chi connectivity index (χ0) is 20.9. The van der Waals surface area contributed by atoms with Crippen LogP contribution in [0, 0.1) is 0 Å². The van der Waals surface area contributed by atoms with E-state index in [9.17, 15) is 4.79 Å². The summed E-state index contributed by atoms with van der Waals surface area (Å²) < 4.78 is 7.37. The Bertz CT molecular complexity index is 1070. The maximum Gasteiger partial charge on any atom is 0.354 e. The molecule has 5 nitrogen and oxygen atoms in total. The number of benzene rings is 2. The first-order chi connectivity index (χ1) is 14.7. The SMILES string of the molecule is CCOC(=O)c1cc2c(n1Cc1ccccc1)/C(=N/Nc1cccc(Cl)c1)CCC2. The molecule has 1 heterocycles. The lowest BCUT2D eigenvalue weighted by Gasteiger charge is -2.19. The van der Waals surface area contributed by atoms with Crippen LogP contribution in [0.2, 0.25) is 5.02 Å². The van der Waals surface area contributed by atoms with Crippen LogP contribution in [0.15, 0.2) is 65.8 Å². The van der Waals surface area contributed by atoms with Crippen molar-refractivity contribution in [2.24, 2.45) is 5.10 Å². The van der Waals surface area contributed by atoms with Crippen LogP contribution >= 0.6 is 11.6 Å². The molecule has 0 saturated heterocycles. The average Bonchev–Trinajstić information content (AvgIpc) is 3.12. The fraction of sp³-hybridized carbons (Fsp3) is 0.250. The van der Waals surface area contributed by atoms with Gasteiger partial charge in [-0.25, -0.2) is 4.79 Å². The van der Waals surface area contributed by atoms with Crippen LogP contribution in [0.1, 0.15) is 47.1 Å². The summed E-state index contributed by atoms with van der Waals surface area (Å²) in [7, 11) is 0. The Hall–Kier alpha value is -3.05. The molecular formula is C24H24ClN3O2. The van der Waals surface area contributed by atoms with Crippen molar-refractivity contribution in [3.05, 3.63) is 88.2 Å². The summed E-state index contributed by atoms with van der Waals surface area (Å²) >= 11 is 6.09. The number of carbonyl (C=O) groups is 1. The van der Waals surface area contributed by atoms with Crippen LogP contribution in [0.3, 0.4) is 0 Å². The number of nitrogens with one attached hydrogen (secondary N) is 1. The van der Waals surface area contributed by atoms with Crippen LogP contribution in [0.25, 0.3) is 0 Å². The predicted octanol–water partition coefficient (Wildman–Crippen LogP) is 5.52. The Morgan fingerprint density at radius 1 is 1.13 bits per heavy atom. The second-order valence-electron chi connectivity index (χ2n) is 7.23. The quantitative estimate of drug-likeness (QED) is 0.421. The molecule has 2 aromatic carbocycles. The summed E-state index contributed by atoms with van der Waals surface area (Å²) in [6, 6.07) is 19.6. The molecule has 30 heavy (non-hydrogen) atoms. The third-order valence-corrected chi connectivity index (χ3v) is 5.36. The van der Waals surface area contributed by atoms with E-state index in [1.165, 1.54) is 0 Å². The lowest BCUT2D eigenvalue weighted by molar-refractivity contribution is 0.0514. The Kier molecular flexibility index (Phi) is 6.19. The number of hydrazone groups is 1. The van der Waals surface area contributed by atoms with Gasteiger partial charge in [0.2, 0.25) is 0 Å². The highest BCUT2D eigenvalue weighted by Crippen LogP contribution is 2.28. The summed E-state index contributed by atoms with van der Waals surface area (Å²) in [6.07, 6.45) is 2.74. The molecule has 0 saturated carbocycles. The molecule has 0 bridgehead atoms. The predicted molar refractivity (Wildman–Crippen MR) is 120 cm³/mol. The van der Waals surface area contributed by atoms with Gasteiger partial charge in [-0.1, -0.05) is 48.0 Å². The number of hydrogen-bond donors (Lipinski definition) is 1. The molecule has 0 spiro atoms. The molecule has 0 atom stereocenters. The van der Waals surface area contributed by atoms with Crippen LogP contribution in [-0.2, 0) is 17.7 Å². The van der Waals surface area contributed by atoms with Crippen molar-refractivity contribution >= 4 is 29.0 Å². The zero-order valence-corrected chi connectivity index (χ0v) is 17.7. The number of esters is 1. The summed E-state index contributed by atoms with van der Waals surface area (Å²) in [5.41, 5.74) is 8.71. The molecule has 154 valence electrons. The van der Waals surface area contributed by atoms with Crippen LogP contribution in [0.5, 0.6) is 0 Å². The first-order valence-electron chi connectivity index (χ1n) is 10.2. The van der Waals surface area contributed by atoms with E-state index in [2.05, 4.69) is 17.6 Å². The summed E-state index contributed by atoms with van der Waals surface area (Å²) in [4.78, 5) is 12.7. The number of anilines is 1. The Morgan fingerprint density at radius 2 is 1.97 bits per heavy atom. The molecular weight excluding hydrogens is 398 g/mol. The van der Waals surface area contributed by atoms with Gasteiger partial charge in [0.15, 0.2) is 0 Å². The fourth-order valence-electron chi connectivity index (χ4n) is 3.80. The lowest BCUT2D eigenvalue weighted by atomic mass is 9.96. The maximum absolute atomic E-state index is 12.7. The van der Waals surface area contributed by atoms with Crippen molar-refractivity contribution < 1.29 is 9.53 Å². The van der Waals surface area contributed by atoms with Crippen molar-refractivity contribution in [3.8, 4) is 0 Å². The smallest absolute Gasteiger partial charge is 0.354 e. The van der Waals surface area contributed by atoms with Crippen molar-refractivity contribution in [1.29, 1.82) is 0 Å². The van der Waals surface area contributed by atoms with Gasteiger partial charge in [0.25, 0.3) is 0 Å². The summed E-state index contributed by atoms with van der Waals surface area (Å²) in [5.74, 6) is -0.301. The minimum Gasteiger partial charge on any atom is -0.461 e. The number of carbonyl (C=O) groups excluding carboxylic acids is 1. The van der Waals surface area contributed by atoms with E-state index in [1.807, 2.05) is 60.0 Å². The molecule has 0 unspecified atom stereocenters. The van der Waals surface area contributed by atoms with Gasteiger partial charge in [-0.15, -0.1) is 0 Å². The van der Waals surface area contributed by atoms with Gasteiger partial charge in [0.1, 0.15) is 5.69 Å². The largest absolute Gasteiger partial charge is 0.461 e. The van der Waals surface area contributed by atoms with E-state index in [4.69, 9.17) is 21.4 Å². The van der Waals surface area contributed by atoms with Crippen molar-refractivity contribution in [3.63, 3.8) is 0 Å². The summed E-state index contributed by atoms with van der Waals surface area (Å²) in [6.45, 7) is 2.75. The number of hydrogen-bond acceptors (Lipinski definition) is 4. The molecule has 1 aromatic heterocycles. The van der Waals surface area contributed by atoms with Crippen molar-refractivity contribution in [2.45, 2.75) is 32.7 Å². The van der Waals surface area contributed by atoms with Gasteiger partial charge in [-0.2, -0.15) is 5.10 Å². The Balaban J connectivity index is 1.74. The normalized spacial score (nSPS) is 14.4. The monoisotopic (exact) mass is 421 g/mol. The number of aromatic nitrogens is 1. The van der Waals surface area contributed by atoms with Gasteiger partial charge in [0.05, 0.1) is 23.7 Å². The molecule has 4 rings (SSSR count). The van der Waals surface area contributed by atoms with E-state index in [1.54, 1.807) is 0 Å². The third kappa shape index (κ3) is 4.41. The Morgan fingerprint density at radius 3 is 2.73 bits per heavy atom. The Labute approximate surface area is 181 Å². The standard InChI is InChI=1S/C24H24ClN3O2/c1-2-30-24(29)22-14-18-10-6-13-21(27-26-20-12-7-11-19(25)15-20)23(18)28(22)16-17-8-4-3-5-9-17/h3-5,7-9,11-12,14-15,26H,2,6,10,13,16H2,1H3/b27-21+. The molecule has 6 heteroatoms. The van der Waals surface area contributed by atoms with E-state index < -0.39 is 0 Å². The molecule has 3 aromatic rings. The van der Waals surface area contributed by atoms with Gasteiger partial charge in [0, 0.05) is 11.6 Å². The molecule has 1 aliphatic carbocycles. The average molecular weight is 422 g/mol. The molecule has 0 aliphatic heterocycles. The van der Waals surface area contributed by atoms with Crippen LogP contribution in [-0.4, -0.2) is 22.9 Å². The minimum absolute atomic E-state index is 0.301. The topological polar surface area (TPSA) is 55.6 Å². The highest BCUT2D eigenvalue weighted by molar-refractivity contribution is 6.30. The van der Waals surface area contributed by atoms with E-state index in [0.29, 0.717) is 23.9 Å². The second-order valence-corrected chi connectivity index (χ2v) is 7.67. The first-order valence-corrected chi connectivity index (χ1v) is 10.6. The van der Waals surface area contributed by atoms with Gasteiger partial charge in [-0.05, 0) is 61.6 Å². The minimum atomic E-state index is -0.301. The number of rotatable bonds is 6. The molecule has 0 amide bonds. The highest BCUT2D eigenvalue weighted by atomic mass is 35.5. The van der Waals surface area contributed by atoms with Crippen LogP contribution < -0.4 is 5.43 Å². The second kappa shape index (κ2) is 9.18. The number of nitrogens with zero attached hydrogens (tertiary/aromatic N) is 2. The van der Waals surface area contributed by atoms with E-state index in [0.717, 1.165) is 47.5 Å². The van der Waals surface area contributed by atoms with Crippen molar-refractivity contribution in [2.75, 3.05) is 12.0 Å². The maximum atomic E-state index is 12.7. The fourth-order valence-corrected chi connectivity index (χ4v) is 4.00. The number of ether oxygens (including phenoxy) is 1. The number of fused-ring (bicyclic) bond motifs is 1. The zero-order valence-electron chi connectivity index (χ0n) is 16.9. The summed E-state index contributed by atoms with van der Waals surface area (Å²) in [5, 5.41) is 5.35. The molecule has 0 radical (unpaired) electrons. The third-order valence-electron chi connectivity index (χ3n) is 5.12. The number of halogens is 1.